The van der Waals surface area contributed by atoms with Gasteiger partial charge in [0.25, 0.3) is 11.5 Å². The molecule has 0 bridgehead atoms. The zero-order valence-corrected chi connectivity index (χ0v) is 15.3. The van der Waals surface area contributed by atoms with Crippen LogP contribution in [0.1, 0.15) is 21.6 Å². The zero-order valence-electron chi connectivity index (χ0n) is 14.5. The third-order valence-electron chi connectivity index (χ3n) is 4.13. The van der Waals surface area contributed by atoms with E-state index < -0.39 is 17.2 Å². The number of nitrogens with one attached hydrogen (secondary N) is 1. The topological polar surface area (TPSA) is 86.0 Å². The molecule has 0 saturated heterocycles. The molecular formula is C18H17ClN4O3. The van der Waals surface area contributed by atoms with Gasteiger partial charge in [-0.25, -0.2) is 9.78 Å². The lowest BCUT2D eigenvalue weighted by molar-refractivity contribution is 0.0952. The lowest BCUT2D eigenvalue weighted by atomic mass is 10.1. The summed E-state index contributed by atoms with van der Waals surface area (Å²) in [4.78, 5) is 41.7. The Morgan fingerprint density at radius 3 is 2.62 bits per heavy atom. The summed E-state index contributed by atoms with van der Waals surface area (Å²) in [6, 6.07) is 8.67. The van der Waals surface area contributed by atoms with Gasteiger partial charge < -0.3 is 5.32 Å². The maximum Gasteiger partial charge on any atom is 0.332 e. The van der Waals surface area contributed by atoms with Crippen molar-refractivity contribution in [1.82, 2.24) is 19.4 Å². The minimum Gasteiger partial charge on any atom is -0.348 e. The number of rotatable bonds is 3. The van der Waals surface area contributed by atoms with Crippen LogP contribution in [0, 0.1) is 6.92 Å². The van der Waals surface area contributed by atoms with Crippen LogP contribution in [0.3, 0.4) is 0 Å². The molecule has 3 rings (SSSR count). The fourth-order valence-electron chi connectivity index (χ4n) is 2.78. The molecule has 7 nitrogen and oxygen atoms in total. The fraction of sp³-hybridized carbons (Fsp3) is 0.222. The monoisotopic (exact) mass is 372 g/mol. The molecule has 0 aliphatic heterocycles. The Labute approximate surface area is 153 Å². The molecule has 2 aromatic heterocycles. The Morgan fingerprint density at radius 1 is 1.19 bits per heavy atom. The molecule has 0 spiro atoms. The van der Waals surface area contributed by atoms with Crippen LogP contribution in [0.5, 0.6) is 0 Å². The molecular weight excluding hydrogens is 356 g/mol. The van der Waals surface area contributed by atoms with E-state index in [1.165, 1.54) is 18.7 Å². The number of carbonyl (C=O) groups excluding carboxylic acids is 1. The normalized spacial score (nSPS) is 10.9. The third-order valence-corrected chi connectivity index (χ3v) is 4.36. The van der Waals surface area contributed by atoms with E-state index in [0.717, 1.165) is 10.1 Å². The number of benzene rings is 1. The smallest absolute Gasteiger partial charge is 0.332 e. The van der Waals surface area contributed by atoms with Crippen molar-refractivity contribution in [3.05, 3.63) is 73.0 Å². The van der Waals surface area contributed by atoms with Gasteiger partial charge in [0.1, 0.15) is 5.65 Å². The lowest BCUT2D eigenvalue weighted by Crippen LogP contribution is -2.38. The van der Waals surface area contributed by atoms with Crippen molar-refractivity contribution in [1.29, 1.82) is 0 Å². The minimum atomic E-state index is -0.552. The number of amides is 1. The Kier molecular flexibility index (Phi) is 4.65. The van der Waals surface area contributed by atoms with Gasteiger partial charge in [-0.2, -0.15) is 0 Å². The van der Waals surface area contributed by atoms with Crippen LogP contribution < -0.4 is 16.6 Å². The van der Waals surface area contributed by atoms with Crippen LogP contribution in [-0.2, 0) is 20.6 Å². The summed E-state index contributed by atoms with van der Waals surface area (Å²) in [7, 11) is 2.89. The van der Waals surface area contributed by atoms with Crippen molar-refractivity contribution in [2.45, 2.75) is 13.5 Å². The first-order valence-electron chi connectivity index (χ1n) is 7.89. The molecule has 0 saturated carbocycles. The molecule has 2 heterocycles. The SMILES string of the molecule is Cc1cc(C(=O)NCc2cccc(Cl)c2)c2c(=O)n(C)c(=O)n(C)c2n1. The molecule has 26 heavy (non-hydrogen) atoms. The van der Waals surface area contributed by atoms with Crippen molar-refractivity contribution in [2.75, 3.05) is 0 Å². The van der Waals surface area contributed by atoms with Gasteiger partial charge in [-0.1, -0.05) is 23.7 Å². The molecule has 0 aliphatic rings. The maximum absolute atomic E-state index is 12.7. The number of fused-ring (bicyclic) bond motifs is 1. The molecule has 0 fully saturated rings. The van der Waals surface area contributed by atoms with Crippen molar-refractivity contribution >= 4 is 28.5 Å². The zero-order chi connectivity index (χ0) is 19.0. The quantitative estimate of drug-likeness (QED) is 0.755. The second-order valence-corrected chi connectivity index (χ2v) is 6.46. The summed E-state index contributed by atoms with van der Waals surface area (Å²) in [5.74, 6) is -0.420. The summed E-state index contributed by atoms with van der Waals surface area (Å²) in [5, 5.41) is 3.47. The number of nitrogens with zero attached hydrogens (tertiary/aromatic N) is 3. The number of hydrogen-bond donors (Lipinski definition) is 1. The van der Waals surface area contributed by atoms with E-state index in [1.54, 1.807) is 31.2 Å². The first-order chi connectivity index (χ1) is 12.3. The number of aryl methyl sites for hydroxylation is 2. The van der Waals surface area contributed by atoms with Crippen molar-refractivity contribution in [2.24, 2.45) is 14.1 Å². The van der Waals surface area contributed by atoms with Gasteiger partial charge in [0, 0.05) is 31.4 Å². The van der Waals surface area contributed by atoms with Gasteiger partial charge in [0.15, 0.2) is 0 Å². The average molecular weight is 373 g/mol. The summed E-state index contributed by atoms with van der Waals surface area (Å²) in [6.45, 7) is 1.96. The van der Waals surface area contributed by atoms with E-state index in [4.69, 9.17) is 11.6 Å². The average Bonchev–Trinajstić information content (AvgIpc) is 2.62. The predicted octanol–water partition coefficient (Wildman–Crippen LogP) is 1.52. The van der Waals surface area contributed by atoms with Gasteiger partial charge >= 0.3 is 5.69 Å². The molecule has 8 heteroatoms. The Bertz CT molecular complexity index is 1150. The van der Waals surface area contributed by atoms with Crippen molar-refractivity contribution in [3.63, 3.8) is 0 Å². The Balaban J connectivity index is 2.08. The summed E-state index contributed by atoms with van der Waals surface area (Å²) >= 11 is 5.95. The van der Waals surface area contributed by atoms with Crippen molar-refractivity contribution < 1.29 is 4.79 Å². The predicted molar refractivity (Wildman–Crippen MR) is 99.6 cm³/mol. The molecule has 134 valence electrons. The number of pyridine rings is 1. The first kappa shape index (κ1) is 17.9. The summed E-state index contributed by atoms with van der Waals surface area (Å²) in [6.07, 6.45) is 0. The van der Waals surface area contributed by atoms with Crippen molar-refractivity contribution in [3.8, 4) is 0 Å². The molecule has 0 radical (unpaired) electrons. The van der Waals surface area contributed by atoms with Gasteiger partial charge in [0.05, 0.1) is 10.9 Å². The van der Waals surface area contributed by atoms with E-state index in [9.17, 15) is 14.4 Å². The number of halogens is 1. The summed E-state index contributed by atoms with van der Waals surface area (Å²) in [5.41, 5.74) is 0.695. The lowest BCUT2D eigenvalue weighted by Gasteiger charge is -2.12. The standard InChI is InChI=1S/C18H17ClN4O3/c1-10-7-13(16(24)20-9-11-5-4-6-12(19)8-11)14-15(21-10)22(2)18(26)23(3)17(14)25/h4-8H,9H2,1-3H3,(H,20,24). The molecule has 1 amide bonds. The Hall–Kier alpha value is -2.93. The van der Waals surface area contributed by atoms with Gasteiger partial charge in [-0.15, -0.1) is 0 Å². The third kappa shape index (κ3) is 3.13. The highest BCUT2D eigenvalue weighted by Crippen LogP contribution is 2.14. The molecule has 1 aromatic carbocycles. The molecule has 0 aliphatic carbocycles. The Morgan fingerprint density at radius 2 is 1.92 bits per heavy atom. The largest absolute Gasteiger partial charge is 0.348 e. The first-order valence-corrected chi connectivity index (χ1v) is 8.27. The van der Waals surface area contributed by atoms with E-state index in [1.807, 2.05) is 6.07 Å². The second-order valence-electron chi connectivity index (χ2n) is 6.03. The number of carbonyl (C=O) groups is 1. The number of hydrogen-bond acceptors (Lipinski definition) is 4. The molecule has 0 unspecified atom stereocenters. The second kappa shape index (κ2) is 6.76. The van der Waals surface area contributed by atoms with Crippen LogP contribution in [0.15, 0.2) is 39.9 Å². The highest BCUT2D eigenvalue weighted by atomic mass is 35.5. The number of aromatic nitrogens is 3. The highest BCUT2D eigenvalue weighted by molar-refractivity contribution is 6.30. The van der Waals surface area contributed by atoms with Gasteiger partial charge in [-0.05, 0) is 30.7 Å². The highest BCUT2D eigenvalue weighted by Gasteiger charge is 2.19. The fourth-order valence-corrected chi connectivity index (χ4v) is 3.00. The maximum atomic E-state index is 12.7. The van der Waals surface area contributed by atoms with Gasteiger partial charge in [0.2, 0.25) is 0 Å². The van der Waals surface area contributed by atoms with Crippen LogP contribution >= 0.6 is 11.6 Å². The van der Waals surface area contributed by atoms with E-state index in [0.29, 0.717) is 10.7 Å². The van der Waals surface area contributed by atoms with E-state index >= 15 is 0 Å². The van der Waals surface area contributed by atoms with Gasteiger partial charge in [-0.3, -0.25) is 18.7 Å². The minimum absolute atomic E-state index is 0.115. The van der Waals surface area contributed by atoms with E-state index in [-0.39, 0.29) is 23.1 Å². The molecule has 3 aromatic rings. The van der Waals surface area contributed by atoms with Crippen LogP contribution in [-0.4, -0.2) is 20.0 Å². The van der Waals surface area contributed by atoms with E-state index in [2.05, 4.69) is 10.3 Å². The van der Waals surface area contributed by atoms with Crippen LogP contribution in [0.2, 0.25) is 5.02 Å². The summed E-state index contributed by atoms with van der Waals surface area (Å²) < 4.78 is 2.23. The van der Waals surface area contributed by atoms with Crippen LogP contribution in [0.4, 0.5) is 0 Å². The van der Waals surface area contributed by atoms with Crippen LogP contribution in [0.25, 0.3) is 11.0 Å². The molecule has 1 N–H and O–H groups in total. The molecule has 0 atom stereocenters.